The first-order valence-corrected chi connectivity index (χ1v) is 6.84. The summed E-state index contributed by atoms with van der Waals surface area (Å²) in [5.41, 5.74) is 0.911. The standard InChI is InChI=1S/C15H10FIO2/c16-12-6-2-4-10-8-13(19-15(10)12)14(18)9-3-1-5-11(17)7-9/h1-8,14,18H. The number of hydrogen-bond donors (Lipinski definition) is 1. The van der Waals surface area contributed by atoms with Gasteiger partial charge in [-0.3, -0.25) is 0 Å². The molecule has 0 fully saturated rings. The lowest BCUT2D eigenvalue weighted by Gasteiger charge is -2.07. The number of halogens is 2. The summed E-state index contributed by atoms with van der Waals surface area (Å²) in [7, 11) is 0. The van der Waals surface area contributed by atoms with Crippen LogP contribution in [-0.4, -0.2) is 5.11 Å². The highest BCUT2D eigenvalue weighted by atomic mass is 127. The second kappa shape index (κ2) is 4.94. The zero-order valence-electron chi connectivity index (χ0n) is 9.81. The van der Waals surface area contributed by atoms with E-state index in [0.29, 0.717) is 11.1 Å². The van der Waals surface area contributed by atoms with E-state index in [0.717, 1.165) is 9.13 Å². The van der Waals surface area contributed by atoms with Gasteiger partial charge in [-0.05, 0) is 52.4 Å². The van der Waals surface area contributed by atoms with Crippen molar-refractivity contribution in [2.75, 3.05) is 0 Å². The maximum atomic E-state index is 13.6. The molecular formula is C15H10FIO2. The second-order valence-electron chi connectivity index (χ2n) is 4.26. The Labute approximate surface area is 123 Å². The molecule has 3 rings (SSSR count). The Hall–Kier alpha value is -1.40. The fourth-order valence-electron chi connectivity index (χ4n) is 2.02. The average molecular weight is 368 g/mol. The zero-order valence-corrected chi connectivity index (χ0v) is 12.0. The molecule has 2 aromatic carbocycles. The van der Waals surface area contributed by atoms with Crippen molar-refractivity contribution < 1.29 is 13.9 Å². The molecule has 0 saturated heterocycles. The Balaban J connectivity index is 2.06. The number of fused-ring (bicyclic) bond motifs is 1. The number of benzene rings is 2. The Kier molecular flexibility index (Phi) is 3.28. The van der Waals surface area contributed by atoms with Crippen LogP contribution in [0, 0.1) is 9.39 Å². The smallest absolute Gasteiger partial charge is 0.170 e. The van der Waals surface area contributed by atoms with Gasteiger partial charge < -0.3 is 9.52 Å². The summed E-state index contributed by atoms with van der Waals surface area (Å²) in [5, 5.41) is 10.9. The monoisotopic (exact) mass is 368 g/mol. The highest BCUT2D eigenvalue weighted by molar-refractivity contribution is 14.1. The first-order chi connectivity index (χ1) is 9.15. The van der Waals surface area contributed by atoms with Gasteiger partial charge in [0.15, 0.2) is 11.4 Å². The third kappa shape index (κ3) is 2.37. The van der Waals surface area contributed by atoms with Crippen LogP contribution in [0.3, 0.4) is 0 Å². The third-order valence-corrected chi connectivity index (χ3v) is 3.62. The molecule has 1 unspecified atom stereocenters. The molecule has 0 amide bonds. The van der Waals surface area contributed by atoms with Gasteiger partial charge in [-0.25, -0.2) is 4.39 Å². The van der Waals surface area contributed by atoms with Crippen molar-refractivity contribution in [2.24, 2.45) is 0 Å². The van der Waals surface area contributed by atoms with E-state index in [1.165, 1.54) is 6.07 Å². The lowest BCUT2D eigenvalue weighted by Crippen LogP contribution is -1.97. The van der Waals surface area contributed by atoms with E-state index in [4.69, 9.17) is 4.42 Å². The van der Waals surface area contributed by atoms with Gasteiger partial charge >= 0.3 is 0 Å². The van der Waals surface area contributed by atoms with Crippen molar-refractivity contribution in [3.63, 3.8) is 0 Å². The molecule has 1 aromatic heterocycles. The lowest BCUT2D eigenvalue weighted by atomic mass is 10.1. The van der Waals surface area contributed by atoms with Gasteiger partial charge in [0.25, 0.3) is 0 Å². The molecule has 1 N–H and O–H groups in total. The molecule has 3 aromatic rings. The van der Waals surface area contributed by atoms with Crippen molar-refractivity contribution in [1.29, 1.82) is 0 Å². The van der Waals surface area contributed by atoms with Crippen LogP contribution in [0.1, 0.15) is 17.4 Å². The number of aliphatic hydroxyl groups excluding tert-OH is 1. The summed E-state index contributed by atoms with van der Waals surface area (Å²) in [6.45, 7) is 0. The van der Waals surface area contributed by atoms with Crippen LogP contribution in [0.25, 0.3) is 11.0 Å². The molecule has 0 bridgehead atoms. The van der Waals surface area contributed by atoms with Crippen LogP contribution in [0.15, 0.2) is 52.9 Å². The number of hydrogen-bond acceptors (Lipinski definition) is 2. The first-order valence-electron chi connectivity index (χ1n) is 5.76. The molecule has 0 aliphatic carbocycles. The first kappa shape index (κ1) is 12.6. The molecular weight excluding hydrogens is 358 g/mol. The summed E-state index contributed by atoms with van der Waals surface area (Å²) in [5.74, 6) is -0.0688. The maximum Gasteiger partial charge on any atom is 0.170 e. The summed E-state index contributed by atoms with van der Waals surface area (Å²) >= 11 is 2.18. The van der Waals surface area contributed by atoms with E-state index >= 15 is 0 Å². The molecule has 1 heterocycles. The van der Waals surface area contributed by atoms with E-state index in [-0.39, 0.29) is 5.58 Å². The molecule has 0 aliphatic rings. The maximum absolute atomic E-state index is 13.6. The van der Waals surface area contributed by atoms with Crippen molar-refractivity contribution in [1.82, 2.24) is 0 Å². The average Bonchev–Trinajstić information content (AvgIpc) is 2.83. The molecule has 0 spiro atoms. The minimum atomic E-state index is -0.887. The summed E-state index contributed by atoms with van der Waals surface area (Å²) < 4.78 is 20.0. The van der Waals surface area contributed by atoms with Gasteiger partial charge in [-0.1, -0.05) is 24.3 Å². The van der Waals surface area contributed by atoms with E-state index in [2.05, 4.69) is 22.6 Å². The molecule has 2 nitrogen and oxygen atoms in total. The van der Waals surface area contributed by atoms with Crippen LogP contribution in [0.4, 0.5) is 4.39 Å². The van der Waals surface area contributed by atoms with Gasteiger partial charge in [-0.15, -0.1) is 0 Å². The quantitative estimate of drug-likeness (QED) is 0.686. The fourth-order valence-corrected chi connectivity index (χ4v) is 2.59. The van der Waals surface area contributed by atoms with Crippen molar-refractivity contribution >= 4 is 33.6 Å². The van der Waals surface area contributed by atoms with Crippen LogP contribution in [-0.2, 0) is 0 Å². The van der Waals surface area contributed by atoms with Crippen LogP contribution in [0.2, 0.25) is 0 Å². The predicted octanol–water partition coefficient (Wildman–Crippen LogP) is 4.26. The Bertz CT molecular complexity index is 736. The minimum Gasteiger partial charge on any atom is -0.455 e. The minimum absolute atomic E-state index is 0.183. The molecule has 19 heavy (non-hydrogen) atoms. The lowest BCUT2D eigenvalue weighted by molar-refractivity contribution is 0.192. The summed E-state index contributed by atoms with van der Waals surface area (Å²) in [6, 6.07) is 13.9. The van der Waals surface area contributed by atoms with E-state index in [1.54, 1.807) is 18.2 Å². The predicted molar refractivity (Wildman–Crippen MR) is 79.4 cm³/mol. The van der Waals surface area contributed by atoms with Gasteiger partial charge in [0.1, 0.15) is 11.9 Å². The third-order valence-electron chi connectivity index (χ3n) is 2.95. The zero-order chi connectivity index (χ0) is 13.4. The Morgan fingerprint density at radius 3 is 2.63 bits per heavy atom. The molecule has 96 valence electrons. The fraction of sp³-hybridized carbons (Fsp3) is 0.0667. The van der Waals surface area contributed by atoms with Crippen molar-refractivity contribution in [3.8, 4) is 0 Å². The van der Waals surface area contributed by atoms with Crippen molar-refractivity contribution in [3.05, 3.63) is 69.2 Å². The van der Waals surface area contributed by atoms with Gasteiger partial charge in [0.2, 0.25) is 0 Å². The largest absolute Gasteiger partial charge is 0.455 e. The van der Waals surface area contributed by atoms with Gasteiger partial charge in [-0.2, -0.15) is 0 Å². The molecule has 1 atom stereocenters. The number of rotatable bonds is 2. The second-order valence-corrected chi connectivity index (χ2v) is 5.51. The van der Waals surface area contributed by atoms with Gasteiger partial charge in [0.05, 0.1) is 0 Å². The van der Waals surface area contributed by atoms with E-state index in [1.807, 2.05) is 24.3 Å². The topological polar surface area (TPSA) is 33.4 Å². The summed E-state index contributed by atoms with van der Waals surface area (Å²) in [6.07, 6.45) is -0.887. The number of para-hydroxylation sites is 1. The molecule has 0 aliphatic heterocycles. The molecule has 0 saturated carbocycles. The van der Waals surface area contributed by atoms with E-state index < -0.39 is 11.9 Å². The number of furan rings is 1. The summed E-state index contributed by atoms with van der Waals surface area (Å²) in [4.78, 5) is 0. The Morgan fingerprint density at radius 1 is 1.11 bits per heavy atom. The highest BCUT2D eigenvalue weighted by Crippen LogP contribution is 2.29. The van der Waals surface area contributed by atoms with Gasteiger partial charge in [0, 0.05) is 8.96 Å². The Morgan fingerprint density at radius 2 is 1.89 bits per heavy atom. The van der Waals surface area contributed by atoms with Crippen LogP contribution >= 0.6 is 22.6 Å². The number of aliphatic hydroxyl groups is 1. The normalized spacial score (nSPS) is 12.8. The highest BCUT2D eigenvalue weighted by Gasteiger charge is 2.17. The van der Waals surface area contributed by atoms with Crippen LogP contribution < -0.4 is 0 Å². The van der Waals surface area contributed by atoms with Crippen LogP contribution in [0.5, 0.6) is 0 Å². The molecule has 4 heteroatoms. The van der Waals surface area contributed by atoms with E-state index in [9.17, 15) is 9.50 Å². The van der Waals surface area contributed by atoms with Crippen molar-refractivity contribution in [2.45, 2.75) is 6.10 Å². The molecule has 0 radical (unpaired) electrons. The SMILES string of the molecule is OC(c1cccc(I)c1)c1cc2cccc(F)c2o1.